The van der Waals surface area contributed by atoms with Crippen LogP contribution in [0, 0.1) is 18.7 Å². The number of nitrogens with zero attached hydrogens (tertiary/aromatic N) is 4. The number of piperidine rings is 1. The van der Waals surface area contributed by atoms with Gasteiger partial charge in [0.1, 0.15) is 11.5 Å². The standard InChI is InChI=1S/C32H29ClF2N6O/c1-3-41-30-21(17-37-32(40-30)39-22-6-9-23(28(34)16-22)19-10-12-36-13-11-19)14-26(31(41)42)25-8-5-20(15-27(25)33)24-7-4-18(2)38-29(24)35/h4-9,14-17,19,36H,3,10-13H2,1-2H3,(H,37,39,40). The van der Waals surface area contributed by atoms with Crippen LogP contribution >= 0.6 is 11.6 Å². The quantitative estimate of drug-likeness (QED) is 0.209. The van der Waals surface area contributed by atoms with Gasteiger partial charge in [-0.25, -0.2) is 14.4 Å². The summed E-state index contributed by atoms with van der Waals surface area (Å²) in [5.74, 6) is -0.384. The Bertz CT molecular complexity index is 1870. The maximum atomic E-state index is 15.0. The second-order valence-electron chi connectivity index (χ2n) is 10.5. The molecule has 0 spiro atoms. The number of fused-ring (bicyclic) bond motifs is 1. The molecule has 5 aromatic rings. The number of benzene rings is 2. The van der Waals surface area contributed by atoms with E-state index in [9.17, 15) is 13.6 Å². The average molecular weight is 587 g/mol. The first-order valence-electron chi connectivity index (χ1n) is 13.9. The third-order valence-electron chi connectivity index (χ3n) is 7.74. The molecule has 42 heavy (non-hydrogen) atoms. The summed E-state index contributed by atoms with van der Waals surface area (Å²) < 4.78 is 31.0. The Hall–Kier alpha value is -4.21. The van der Waals surface area contributed by atoms with Gasteiger partial charge < -0.3 is 10.6 Å². The minimum atomic E-state index is -0.583. The number of halogens is 3. The molecule has 1 aliphatic heterocycles. The fraction of sp³-hybridized carbons (Fsp3) is 0.250. The molecule has 2 N–H and O–H groups in total. The van der Waals surface area contributed by atoms with Crippen molar-refractivity contribution in [2.75, 3.05) is 18.4 Å². The van der Waals surface area contributed by atoms with E-state index in [2.05, 4.69) is 25.6 Å². The van der Waals surface area contributed by atoms with Crippen LogP contribution in [-0.2, 0) is 6.54 Å². The van der Waals surface area contributed by atoms with E-state index >= 15 is 0 Å². The smallest absolute Gasteiger partial charge is 0.260 e. The van der Waals surface area contributed by atoms with Gasteiger partial charge in [0.05, 0.1) is 0 Å². The molecule has 0 saturated carbocycles. The van der Waals surface area contributed by atoms with E-state index in [-0.39, 0.29) is 23.2 Å². The maximum absolute atomic E-state index is 15.0. The molecule has 1 fully saturated rings. The molecule has 6 rings (SSSR count). The lowest BCUT2D eigenvalue weighted by molar-refractivity contribution is 0.445. The van der Waals surface area contributed by atoms with Crippen LogP contribution < -0.4 is 16.2 Å². The van der Waals surface area contributed by atoms with Crippen LogP contribution in [0.15, 0.2) is 65.6 Å². The SMILES string of the molecule is CCn1c(=O)c(-c2ccc(-c3ccc(C)nc3F)cc2Cl)cc2cnc(Nc3ccc(C4CCNCC4)c(F)c3)nc21. The lowest BCUT2D eigenvalue weighted by atomic mass is 9.90. The molecule has 4 heterocycles. The summed E-state index contributed by atoms with van der Waals surface area (Å²) in [4.78, 5) is 26.5. The number of pyridine rings is 2. The summed E-state index contributed by atoms with van der Waals surface area (Å²) in [5, 5.41) is 7.33. The van der Waals surface area contributed by atoms with Crippen molar-refractivity contribution in [1.29, 1.82) is 0 Å². The minimum absolute atomic E-state index is 0.205. The second-order valence-corrected chi connectivity index (χ2v) is 10.9. The summed E-state index contributed by atoms with van der Waals surface area (Å²) in [7, 11) is 0. The Morgan fingerprint density at radius 3 is 2.50 bits per heavy atom. The first-order valence-corrected chi connectivity index (χ1v) is 14.3. The van der Waals surface area contributed by atoms with Crippen LogP contribution in [0.2, 0.25) is 5.02 Å². The van der Waals surface area contributed by atoms with Crippen molar-refractivity contribution >= 4 is 34.3 Å². The molecule has 0 radical (unpaired) electrons. The van der Waals surface area contributed by atoms with Crippen molar-refractivity contribution in [1.82, 2.24) is 24.8 Å². The van der Waals surface area contributed by atoms with Gasteiger partial charge in [-0.3, -0.25) is 9.36 Å². The van der Waals surface area contributed by atoms with Gasteiger partial charge in [0.2, 0.25) is 11.9 Å². The summed E-state index contributed by atoms with van der Waals surface area (Å²) in [6.45, 7) is 5.70. The number of nitrogens with one attached hydrogen (secondary N) is 2. The fourth-order valence-electron chi connectivity index (χ4n) is 5.54. The lowest BCUT2D eigenvalue weighted by Crippen LogP contribution is -2.27. The van der Waals surface area contributed by atoms with Gasteiger partial charge in [0.15, 0.2) is 0 Å². The number of rotatable bonds is 6. The van der Waals surface area contributed by atoms with Gasteiger partial charge >= 0.3 is 0 Å². The normalized spacial score (nSPS) is 13.9. The van der Waals surface area contributed by atoms with Gasteiger partial charge in [0, 0.05) is 51.2 Å². The summed E-state index contributed by atoms with van der Waals surface area (Å²) >= 11 is 6.64. The zero-order valence-corrected chi connectivity index (χ0v) is 24.0. The third kappa shape index (κ3) is 5.37. The van der Waals surface area contributed by atoms with E-state index in [0.29, 0.717) is 56.2 Å². The summed E-state index contributed by atoms with van der Waals surface area (Å²) in [6, 6.07) is 15.3. The molecule has 2 aromatic carbocycles. The maximum Gasteiger partial charge on any atom is 0.260 e. The zero-order valence-electron chi connectivity index (χ0n) is 23.2. The number of anilines is 2. The van der Waals surface area contributed by atoms with Crippen molar-refractivity contribution in [3.05, 3.63) is 99.2 Å². The van der Waals surface area contributed by atoms with Gasteiger partial charge in [-0.2, -0.15) is 9.37 Å². The second kappa shape index (κ2) is 11.6. The van der Waals surface area contributed by atoms with E-state index in [4.69, 9.17) is 11.6 Å². The van der Waals surface area contributed by atoms with Crippen LogP contribution in [0.4, 0.5) is 20.4 Å². The molecule has 0 bridgehead atoms. The Morgan fingerprint density at radius 1 is 1.00 bits per heavy atom. The van der Waals surface area contributed by atoms with Gasteiger partial charge in [-0.05, 0) is 93.2 Å². The van der Waals surface area contributed by atoms with Crippen molar-refractivity contribution < 1.29 is 8.78 Å². The average Bonchev–Trinajstić information content (AvgIpc) is 2.98. The molecular formula is C32H29ClF2N6O. The van der Waals surface area contributed by atoms with E-state index in [1.807, 2.05) is 19.1 Å². The largest absolute Gasteiger partial charge is 0.324 e. The van der Waals surface area contributed by atoms with Crippen molar-refractivity contribution in [2.24, 2.45) is 0 Å². The molecule has 1 aliphatic rings. The van der Waals surface area contributed by atoms with Crippen LogP contribution in [-0.4, -0.2) is 32.6 Å². The van der Waals surface area contributed by atoms with Gasteiger partial charge in [0.25, 0.3) is 5.56 Å². The molecule has 0 amide bonds. The predicted octanol–water partition coefficient (Wildman–Crippen LogP) is 6.99. The van der Waals surface area contributed by atoms with Gasteiger partial charge in [-0.1, -0.05) is 29.8 Å². The van der Waals surface area contributed by atoms with Crippen molar-refractivity contribution in [2.45, 2.75) is 39.2 Å². The third-order valence-corrected chi connectivity index (χ3v) is 8.05. The number of aromatic nitrogens is 4. The molecule has 0 unspecified atom stereocenters. The molecule has 0 atom stereocenters. The highest BCUT2D eigenvalue weighted by atomic mass is 35.5. The van der Waals surface area contributed by atoms with Crippen LogP contribution in [0.3, 0.4) is 0 Å². The van der Waals surface area contributed by atoms with E-state index in [0.717, 1.165) is 31.5 Å². The first-order chi connectivity index (χ1) is 20.3. The van der Waals surface area contributed by atoms with E-state index in [1.165, 1.54) is 6.07 Å². The van der Waals surface area contributed by atoms with Crippen molar-refractivity contribution in [3.8, 4) is 22.3 Å². The Morgan fingerprint density at radius 2 is 1.79 bits per heavy atom. The number of aryl methyl sites for hydroxylation is 2. The minimum Gasteiger partial charge on any atom is -0.324 e. The van der Waals surface area contributed by atoms with Gasteiger partial charge in [-0.15, -0.1) is 0 Å². The van der Waals surface area contributed by atoms with Crippen LogP contribution in [0.1, 0.15) is 36.9 Å². The lowest BCUT2D eigenvalue weighted by Gasteiger charge is -2.23. The van der Waals surface area contributed by atoms with E-state index in [1.54, 1.807) is 54.1 Å². The number of hydrogen-bond acceptors (Lipinski definition) is 6. The zero-order chi connectivity index (χ0) is 29.4. The first kappa shape index (κ1) is 27.9. The summed E-state index contributed by atoms with van der Waals surface area (Å²) in [5.41, 5.74) is 3.77. The molecule has 1 saturated heterocycles. The Balaban J connectivity index is 1.32. The monoisotopic (exact) mass is 586 g/mol. The molecule has 10 heteroatoms. The Kier molecular flexibility index (Phi) is 7.70. The Labute approximate surface area is 246 Å². The molecular weight excluding hydrogens is 558 g/mol. The molecule has 7 nitrogen and oxygen atoms in total. The topological polar surface area (TPSA) is 84.7 Å². The predicted molar refractivity (Wildman–Crippen MR) is 162 cm³/mol. The highest BCUT2D eigenvalue weighted by Gasteiger charge is 2.20. The highest BCUT2D eigenvalue weighted by Crippen LogP contribution is 2.33. The van der Waals surface area contributed by atoms with E-state index < -0.39 is 5.95 Å². The fourth-order valence-corrected chi connectivity index (χ4v) is 5.83. The highest BCUT2D eigenvalue weighted by molar-refractivity contribution is 6.33. The van der Waals surface area contributed by atoms with Crippen LogP contribution in [0.25, 0.3) is 33.3 Å². The molecule has 3 aromatic heterocycles. The molecule has 0 aliphatic carbocycles. The van der Waals surface area contributed by atoms with Crippen molar-refractivity contribution in [3.63, 3.8) is 0 Å². The molecule has 214 valence electrons. The summed E-state index contributed by atoms with van der Waals surface area (Å²) in [6.07, 6.45) is 3.44. The number of hydrogen-bond donors (Lipinski definition) is 2. The van der Waals surface area contributed by atoms with Crippen LogP contribution in [0.5, 0.6) is 0 Å².